The molecule has 0 aliphatic carbocycles. The van der Waals surface area contributed by atoms with E-state index in [1.807, 2.05) is 17.0 Å². The molecular weight excluding hydrogens is 346 g/mol. The van der Waals surface area contributed by atoms with Crippen LogP contribution in [-0.4, -0.2) is 49.5 Å². The summed E-state index contributed by atoms with van der Waals surface area (Å²) in [4.78, 5) is 35.4. The van der Waals surface area contributed by atoms with Crippen molar-refractivity contribution in [2.75, 3.05) is 13.2 Å². The Morgan fingerprint density at radius 1 is 1.22 bits per heavy atom. The van der Waals surface area contributed by atoms with Crippen molar-refractivity contribution >= 4 is 17.5 Å². The third-order valence-electron chi connectivity index (χ3n) is 4.72. The number of esters is 1. The summed E-state index contributed by atoms with van der Waals surface area (Å²) in [6.07, 6.45) is 8.21. The average molecular weight is 365 g/mol. The molecule has 0 aromatic carbocycles. The van der Waals surface area contributed by atoms with Gasteiger partial charge in [0.25, 0.3) is 5.91 Å². The van der Waals surface area contributed by atoms with Gasteiger partial charge in [-0.2, -0.15) is 5.10 Å². The monoisotopic (exact) mass is 365 g/mol. The first-order chi connectivity index (χ1) is 13.2. The average Bonchev–Trinajstić information content (AvgIpc) is 3.35. The first-order valence-electron chi connectivity index (χ1n) is 8.91. The van der Waals surface area contributed by atoms with Gasteiger partial charge in [-0.25, -0.2) is 14.3 Å². The summed E-state index contributed by atoms with van der Waals surface area (Å²) >= 11 is 0. The van der Waals surface area contributed by atoms with E-state index in [0.29, 0.717) is 17.9 Å². The van der Waals surface area contributed by atoms with E-state index in [4.69, 9.17) is 4.74 Å². The van der Waals surface area contributed by atoms with E-state index in [-0.39, 0.29) is 24.1 Å². The summed E-state index contributed by atoms with van der Waals surface area (Å²) in [5, 5.41) is 4.21. The molecule has 0 spiro atoms. The lowest BCUT2D eigenvalue weighted by Crippen LogP contribution is -2.32. The van der Waals surface area contributed by atoms with E-state index in [1.54, 1.807) is 25.4 Å². The molecule has 1 aliphatic heterocycles. The number of carbonyl (C=O) groups is 2. The van der Waals surface area contributed by atoms with Crippen molar-refractivity contribution in [2.45, 2.75) is 25.8 Å². The smallest absolute Gasteiger partial charge is 0.343 e. The highest BCUT2D eigenvalue weighted by Gasteiger charge is 2.32. The molecule has 0 N–H and O–H groups in total. The van der Waals surface area contributed by atoms with Crippen LogP contribution < -0.4 is 0 Å². The maximum absolute atomic E-state index is 13.3. The van der Waals surface area contributed by atoms with Crippen molar-refractivity contribution in [3.05, 3.63) is 59.8 Å². The molecule has 1 saturated heterocycles. The van der Waals surface area contributed by atoms with E-state index in [9.17, 15) is 9.59 Å². The van der Waals surface area contributed by atoms with Crippen molar-refractivity contribution in [3.8, 4) is 0 Å². The quantitative estimate of drug-likeness (QED) is 0.659. The molecular formula is C19H19N5O3. The summed E-state index contributed by atoms with van der Waals surface area (Å²) in [6, 6.07) is 5.50. The van der Waals surface area contributed by atoms with Crippen LogP contribution in [0.2, 0.25) is 0 Å². The Bertz CT molecular complexity index is 985. The molecule has 8 nitrogen and oxygen atoms in total. The number of hydrogen-bond donors (Lipinski definition) is 0. The Balaban J connectivity index is 1.70. The normalized spacial score (nSPS) is 16.6. The number of ether oxygens (including phenoxy) is 1. The Morgan fingerprint density at radius 2 is 2.04 bits per heavy atom. The fourth-order valence-corrected chi connectivity index (χ4v) is 3.50. The lowest BCUT2D eigenvalue weighted by atomic mass is 10.1. The van der Waals surface area contributed by atoms with Crippen molar-refractivity contribution in [2.24, 2.45) is 0 Å². The van der Waals surface area contributed by atoms with Gasteiger partial charge in [-0.15, -0.1) is 0 Å². The number of nitrogens with zero attached hydrogens (tertiary/aromatic N) is 5. The second-order valence-corrected chi connectivity index (χ2v) is 6.28. The van der Waals surface area contributed by atoms with Crippen molar-refractivity contribution < 1.29 is 14.3 Å². The summed E-state index contributed by atoms with van der Waals surface area (Å²) in [6.45, 7) is 2.66. The van der Waals surface area contributed by atoms with Gasteiger partial charge in [-0.1, -0.05) is 0 Å². The maximum Gasteiger partial charge on any atom is 0.343 e. The second-order valence-electron chi connectivity index (χ2n) is 6.28. The number of amides is 1. The molecule has 8 heteroatoms. The number of aromatic nitrogens is 4. The Morgan fingerprint density at radius 3 is 2.81 bits per heavy atom. The molecule has 3 aromatic rings. The molecule has 4 heterocycles. The standard InChI is InChI=1S/C19H19N5O3/c1-2-27-19(26)14-12-22-24-16(7-10-21-17(14)24)18(25)23-11-3-4-15(23)13-5-8-20-9-6-13/h5-10,12,15H,2-4,11H2,1H3. The summed E-state index contributed by atoms with van der Waals surface area (Å²) in [5.74, 6) is -0.638. The number of rotatable bonds is 4. The minimum absolute atomic E-state index is 0.00352. The molecule has 1 unspecified atom stereocenters. The summed E-state index contributed by atoms with van der Waals surface area (Å²) in [7, 11) is 0. The van der Waals surface area contributed by atoms with Gasteiger partial charge in [0.2, 0.25) is 0 Å². The lowest BCUT2D eigenvalue weighted by molar-refractivity contribution is 0.0528. The van der Waals surface area contributed by atoms with Crippen LogP contribution in [0.1, 0.15) is 52.2 Å². The Hall–Kier alpha value is -3.29. The molecule has 138 valence electrons. The SMILES string of the molecule is CCOC(=O)c1cnn2c(C(=O)N3CCCC3c3ccncc3)ccnc12. The van der Waals surface area contributed by atoms with Crippen LogP contribution in [0.25, 0.3) is 5.65 Å². The Labute approximate surface area is 155 Å². The third-order valence-corrected chi connectivity index (χ3v) is 4.72. The Kier molecular flexibility index (Phi) is 4.53. The molecule has 1 amide bonds. The third kappa shape index (κ3) is 3.03. The van der Waals surface area contributed by atoms with Crippen LogP contribution in [0.5, 0.6) is 0 Å². The number of pyridine rings is 1. The van der Waals surface area contributed by atoms with Crippen LogP contribution in [0.3, 0.4) is 0 Å². The van der Waals surface area contributed by atoms with Crippen LogP contribution in [-0.2, 0) is 4.74 Å². The first-order valence-corrected chi connectivity index (χ1v) is 8.91. The zero-order valence-electron chi connectivity index (χ0n) is 14.9. The van der Waals surface area contributed by atoms with Crippen LogP contribution in [0.4, 0.5) is 0 Å². The molecule has 3 aromatic heterocycles. The van der Waals surface area contributed by atoms with Gasteiger partial charge in [-0.05, 0) is 43.5 Å². The van der Waals surface area contributed by atoms with Crippen molar-refractivity contribution in [1.29, 1.82) is 0 Å². The van der Waals surface area contributed by atoms with Crippen LogP contribution in [0.15, 0.2) is 43.0 Å². The molecule has 4 rings (SSSR count). The van der Waals surface area contributed by atoms with Gasteiger partial charge >= 0.3 is 5.97 Å². The fraction of sp³-hybridized carbons (Fsp3) is 0.316. The molecule has 0 bridgehead atoms. The minimum atomic E-state index is -0.500. The highest BCUT2D eigenvalue weighted by molar-refractivity contribution is 5.98. The van der Waals surface area contributed by atoms with E-state index in [1.165, 1.54) is 16.9 Å². The predicted octanol–water partition coefficient (Wildman–Crippen LogP) is 2.28. The highest BCUT2D eigenvalue weighted by atomic mass is 16.5. The maximum atomic E-state index is 13.3. The summed E-state index contributed by atoms with van der Waals surface area (Å²) in [5.41, 5.74) is 2.00. The van der Waals surface area contributed by atoms with Gasteiger partial charge in [0.15, 0.2) is 5.65 Å². The zero-order valence-corrected chi connectivity index (χ0v) is 14.9. The molecule has 1 aliphatic rings. The summed E-state index contributed by atoms with van der Waals surface area (Å²) < 4.78 is 6.45. The number of hydrogen-bond acceptors (Lipinski definition) is 6. The second kappa shape index (κ2) is 7.14. The van der Waals surface area contributed by atoms with E-state index in [2.05, 4.69) is 15.1 Å². The van der Waals surface area contributed by atoms with Crippen molar-refractivity contribution in [3.63, 3.8) is 0 Å². The van der Waals surface area contributed by atoms with Gasteiger partial charge in [-0.3, -0.25) is 9.78 Å². The topological polar surface area (TPSA) is 89.7 Å². The van der Waals surface area contributed by atoms with Gasteiger partial charge in [0.05, 0.1) is 18.8 Å². The molecule has 1 atom stereocenters. The first kappa shape index (κ1) is 17.1. The molecule has 1 fully saturated rings. The number of fused-ring (bicyclic) bond motifs is 1. The number of likely N-dealkylation sites (tertiary alicyclic amines) is 1. The number of carbonyl (C=O) groups excluding carboxylic acids is 2. The van der Waals surface area contributed by atoms with Crippen molar-refractivity contribution in [1.82, 2.24) is 24.5 Å². The highest BCUT2D eigenvalue weighted by Crippen LogP contribution is 2.32. The van der Waals surface area contributed by atoms with E-state index >= 15 is 0 Å². The lowest BCUT2D eigenvalue weighted by Gasteiger charge is -2.25. The van der Waals surface area contributed by atoms with Crippen LogP contribution >= 0.6 is 0 Å². The van der Waals surface area contributed by atoms with E-state index < -0.39 is 5.97 Å². The molecule has 0 saturated carbocycles. The van der Waals surface area contributed by atoms with E-state index in [0.717, 1.165) is 18.4 Å². The van der Waals surface area contributed by atoms with Gasteiger partial charge in [0.1, 0.15) is 11.3 Å². The largest absolute Gasteiger partial charge is 0.462 e. The molecule has 0 radical (unpaired) electrons. The van der Waals surface area contributed by atoms with Gasteiger partial charge in [0, 0.05) is 25.1 Å². The van der Waals surface area contributed by atoms with Crippen LogP contribution in [0, 0.1) is 0 Å². The minimum Gasteiger partial charge on any atom is -0.462 e. The fourth-order valence-electron chi connectivity index (χ4n) is 3.50. The molecule has 27 heavy (non-hydrogen) atoms. The zero-order chi connectivity index (χ0) is 18.8. The van der Waals surface area contributed by atoms with Gasteiger partial charge < -0.3 is 9.64 Å². The predicted molar refractivity (Wildman–Crippen MR) is 96.2 cm³/mol.